The maximum atomic E-state index is 13.8. The predicted octanol–water partition coefficient (Wildman–Crippen LogP) is 6.30. The number of anilines is 1. The molecule has 0 fully saturated rings. The first kappa shape index (κ1) is 28.2. The van der Waals surface area contributed by atoms with E-state index in [0.29, 0.717) is 17.9 Å². The van der Waals surface area contributed by atoms with Crippen LogP contribution in [-0.2, 0) is 15.8 Å². The van der Waals surface area contributed by atoms with Gasteiger partial charge in [0.15, 0.2) is 11.6 Å². The minimum Gasteiger partial charge on any atom is -0.299 e. The van der Waals surface area contributed by atoms with Crippen LogP contribution in [0.2, 0.25) is 0 Å². The summed E-state index contributed by atoms with van der Waals surface area (Å²) in [5.74, 6) is 1.65. The Hall–Kier alpha value is -2.81. The number of Topliss-reactive ketones (excluding diaryl/α,β-unsaturated/α-hetero) is 1. The highest BCUT2D eigenvalue weighted by Crippen LogP contribution is 2.28. The summed E-state index contributed by atoms with van der Waals surface area (Å²) >= 11 is 0. The standard InChI is InChI=1S/C17H24F2N2O2.C7H5F3/c1-4-5-7-12(15(22)10-11(2)3)17(23)21(20)14-9-6-8-13(18)16(14)19;8-7(9,10)6-4-2-1-3-5-6/h6,8-9,11-12H,4-5,7,10,20H2,1-3H3;1-5H/t12-;/m1./s1. The molecule has 0 aromatic heterocycles. The molecule has 0 aliphatic heterocycles. The third kappa shape index (κ3) is 8.92. The summed E-state index contributed by atoms with van der Waals surface area (Å²) in [6.07, 6.45) is -2.11. The SMILES string of the molecule is CCCC[C@H](C(=O)CC(C)C)C(=O)N(N)c1cccc(F)c1F.FC(F)(F)c1ccccc1. The molecule has 182 valence electrons. The number of ketones is 1. The van der Waals surface area contributed by atoms with Crippen LogP contribution in [0.15, 0.2) is 48.5 Å². The van der Waals surface area contributed by atoms with Gasteiger partial charge in [0.2, 0.25) is 0 Å². The number of nitrogens with two attached hydrogens (primary N) is 1. The molecule has 2 N–H and O–H groups in total. The van der Waals surface area contributed by atoms with Crippen LogP contribution in [-0.4, -0.2) is 11.7 Å². The van der Waals surface area contributed by atoms with E-state index in [0.717, 1.165) is 24.6 Å². The van der Waals surface area contributed by atoms with E-state index in [2.05, 4.69) is 0 Å². The van der Waals surface area contributed by atoms with Gasteiger partial charge in [-0.1, -0.05) is 70.0 Å². The number of alkyl halides is 3. The molecule has 0 heterocycles. The molecular weight excluding hydrogens is 443 g/mol. The zero-order valence-electron chi connectivity index (χ0n) is 18.8. The number of unbranched alkanes of at least 4 members (excludes halogenated alkanes) is 1. The molecular formula is C24H29F5N2O2. The van der Waals surface area contributed by atoms with E-state index in [1.807, 2.05) is 20.8 Å². The lowest BCUT2D eigenvalue weighted by atomic mass is 9.91. The van der Waals surface area contributed by atoms with E-state index < -0.39 is 35.2 Å². The number of carbonyl (C=O) groups is 2. The van der Waals surface area contributed by atoms with Crippen LogP contribution >= 0.6 is 0 Å². The molecule has 1 atom stereocenters. The van der Waals surface area contributed by atoms with Gasteiger partial charge in [-0.25, -0.2) is 19.6 Å². The smallest absolute Gasteiger partial charge is 0.299 e. The van der Waals surface area contributed by atoms with Crippen molar-refractivity contribution < 1.29 is 31.5 Å². The fourth-order valence-corrected chi connectivity index (χ4v) is 2.97. The average molecular weight is 472 g/mol. The van der Waals surface area contributed by atoms with Crippen molar-refractivity contribution in [2.45, 2.75) is 52.6 Å². The van der Waals surface area contributed by atoms with Crippen LogP contribution in [0.3, 0.4) is 0 Å². The minimum absolute atomic E-state index is 0.108. The first-order valence-electron chi connectivity index (χ1n) is 10.6. The van der Waals surface area contributed by atoms with E-state index >= 15 is 0 Å². The number of nitrogens with zero attached hydrogens (tertiary/aromatic N) is 1. The first-order chi connectivity index (χ1) is 15.4. The number of hydrogen-bond acceptors (Lipinski definition) is 3. The van der Waals surface area contributed by atoms with Crippen molar-refractivity contribution in [1.82, 2.24) is 0 Å². The molecule has 0 saturated carbocycles. The van der Waals surface area contributed by atoms with Crippen LogP contribution in [0.1, 0.15) is 52.0 Å². The second-order valence-corrected chi connectivity index (χ2v) is 7.90. The second kappa shape index (κ2) is 13.0. The lowest BCUT2D eigenvalue weighted by Crippen LogP contribution is -2.45. The average Bonchev–Trinajstić information content (AvgIpc) is 2.75. The molecule has 1 amide bonds. The van der Waals surface area contributed by atoms with Gasteiger partial charge < -0.3 is 0 Å². The monoisotopic (exact) mass is 472 g/mol. The van der Waals surface area contributed by atoms with Gasteiger partial charge in [-0.2, -0.15) is 13.2 Å². The molecule has 0 spiro atoms. The number of rotatable bonds is 8. The molecule has 9 heteroatoms. The van der Waals surface area contributed by atoms with Gasteiger partial charge in [-0.05, 0) is 24.5 Å². The van der Waals surface area contributed by atoms with Crippen LogP contribution in [0.4, 0.5) is 27.6 Å². The Kier molecular flexibility index (Phi) is 11.1. The normalized spacial score (nSPS) is 12.1. The van der Waals surface area contributed by atoms with Gasteiger partial charge in [0.25, 0.3) is 5.91 Å². The Morgan fingerprint density at radius 2 is 1.61 bits per heavy atom. The van der Waals surface area contributed by atoms with Gasteiger partial charge in [0.1, 0.15) is 5.78 Å². The topological polar surface area (TPSA) is 63.4 Å². The Balaban J connectivity index is 0.000000451. The summed E-state index contributed by atoms with van der Waals surface area (Å²) in [7, 11) is 0. The molecule has 0 unspecified atom stereocenters. The largest absolute Gasteiger partial charge is 0.416 e. The van der Waals surface area contributed by atoms with E-state index in [1.165, 1.54) is 24.3 Å². The summed E-state index contributed by atoms with van der Waals surface area (Å²) in [6, 6.07) is 9.77. The predicted molar refractivity (Wildman–Crippen MR) is 117 cm³/mol. The Morgan fingerprint density at radius 3 is 2.09 bits per heavy atom. The van der Waals surface area contributed by atoms with Gasteiger partial charge in [0, 0.05) is 6.42 Å². The van der Waals surface area contributed by atoms with Gasteiger partial charge in [-0.3, -0.25) is 9.59 Å². The van der Waals surface area contributed by atoms with Crippen molar-refractivity contribution in [2.75, 3.05) is 5.01 Å². The molecule has 2 aromatic carbocycles. The Morgan fingerprint density at radius 1 is 1.00 bits per heavy atom. The van der Waals surface area contributed by atoms with Crippen molar-refractivity contribution >= 4 is 17.4 Å². The molecule has 2 rings (SSSR count). The van der Waals surface area contributed by atoms with Crippen molar-refractivity contribution in [3.05, 3.63) is 65.7 Å². The molecule has 0 saturated heterocycles. The third-order valence-electron chi connectivity index (χ3n) is 4.67. The zero-order valence-corrected chi connectivity index (χ0v) is 18.8. The highest BCUT2D eigenvalue weighted by Gasteiger charge is 2.31. The first-order valence-corrected chi connectivity index (χ1v) is 10.6. The minimum atomic E-state index is -4.21. The number of halogens is 5. The lowest BCUT2D eigenvalue weighted by molar-refractivity contribution is -0.137. The van der Waals surface area contributed by atoms with Gasteiger partial charge >= 0.3 is 6.18 Å². The highest BCUT2D eigenvalue weighted by molar-refractivity contribution is 6.07. The number of hydrogen-bond donors (Lipinski definition) is 1. The fourth-order valence-electron chi connectivity index (χ4n) is 2.97. The van der Waals surface area contributed by atoms with Crippen LogP contribution < -0.4 is 10.9 Å². The maximum absolute atomic E-state index is 13.8. The van der Waals surface area contributed by atoms with Crippen LogP contribution in [0.25, 0.3) is 0 Å². The van der Waals surface area contributed by atoms with Crippen molar-refractivity contribution in [2.24, 2.45) is 17.7 Å². The summed E-state index contributed by atoms with van der Waals surface area (Å²) < 4.78 is 62.5. The summed E-state index contributed by atoms with van der Waals surface area (Å²) in [5, 5.41) is 0.553. The zero-order chi connectivity index (χ0) is 25.2. The molecule has 33 heavy (non-hydrogen) atoms. The third-order valence-corrected chi connectivity index (χ3v) is 4.67. The van der Waals surface area contributed by atoms with Crippen LogP contribution in [0.5, 0.6) is 0 Å². The van der Waals surface area contributed by atoms with Crippen molar-refractivity contribution in [1.29, 1.82) is 0 Å². The molecule has 0 aliphatic rings. The molecule has 0 radical (unpaired) electrons. The highest BCUT2D eigenvalue weighted by atomic mass is 19.4. The molecule has 0 bridgehead atoms. The molecule has 4 nitrogen and oxygen atoms in total. The summed E-state index contributed by atoms with van der Waals surface area (Å²) in [5.41, 5.74) is -0.969. The van der Waals surface area contributed by atoms with Crippen LogP contribution in [0, 0.1) is 23.5 Å². The number of hydrazine groups is 1. The number of benzene rings is 2. The van der Waals surface area contributed by atoms with E-state index in [4.69, 9.17) is 5.84 Å². The quantitative estimate of drug-likeness (QED) is 0.161. The maximum Gasteiger partial charge on any atom is 0.416 e. The fraction of sp³-hybridized carbons (Fsp3) is 0.417. The van der Waals surface area contributed by atoms with Crippen molar-refractivity contribution in [3.63, 3.8) is 0 Å². The molecule has 2 aromatic rings. The lowest BCUT2D eigenvalue weighted by Gasteiger charge is -2.23. The Bertz CT molecular complexity index is 901. The summed E-state index contributed by atoms with van der Waals surface area (Å²) in [6.45, 7) is 5.71. The van der Waals surface area contributed by atoms with Gasteiger partial charge in [-0.15, -0.1) is 0 Å². The van der Waals surface area contributed by atoms with E-state index in [9.17, 15) is 31.5 Å². The second-order valence-electron chi connectivity index (χ2n) is 7.90. The van der Waals surface area contributed by atoms with E-state index in [1.54, 1.807) is 6.07 Å². The number of carbonyl (C=O) groups excluding carboxylic acids is 2. The number of amides is 1. The van der Waals surface area contributed by atoms with E-state index in [-0.39, 0.29) is 23.8 Å². The summed E-state index contributed by atoms with van der Waals surface area (Å²) in [4.78, 5) is 24.8. The molecule has 0 aliphatic carbocycles. The Labute approximate surface area is 190 Å². The van der Waals surface area contributed by atoms with Crippen molar-refractivity contribution in [3.8, 4) is 0 Å². The van der Waals surface area contributed by atoms with Gasteiger partial charge in [0.05, 0.1) is 17.2 Å².